The lowest BCUT2D eigenvalue weighted by atomic mass is 9.81. The molecule has 0 bridgehead atoms. The Labute approximate surface area is 137 Å². The van der Waals surface area contributed by atoms with E-state index in [1.54, 1.807) is 18.4 Å². The van der Waals surface area contributed by atoms with Gasteiger partial charge >= 0.3 is 0 Å². The van der Waals surface area contributed by atoms with Gasteiger partial charge in [0, 0.05) is 13.1 Å². The molecule has 2 heterocycles. The fourth-order valence-corrected chi connectivity index (χ4v) is 3.39. The molecule has 126 valence electrons. The molecule has 0 saturated carbocycles. The average molecular weight is 319 g/mol. The van der Waals surface area contributed by atoms with Crippen molar-refractivity contribution in [1.29, 1.82) is 0 Å². The molecular formula is C19H26FNO2. The third-order valence-corrected chi connectivity index (χ3v) is 4.64. The van der Waals surface area contributed by atoms with Crippen molar-refractivity contribution >= 4 is 11.0 Å². The zero-order valence-electron chi connectivity index (χ0n) is 14.4. The number of furan rings is 1. The molecule has 1 fully saturated rings. The van der Waals surface area contributed by atoms with Gasteiger partial charge in [0.25, 0.3) is 0 Å². The standard InChI is InChI=1S/C19H26FNO2/c1-13-11-21(12-23-19(2,3)4)7-5-15(13)14-9-17(20)16-6-8-22-18(16)10-14/h6,8-10,13,15H,5,7,11-12H2,1-4H3. The Bertz CT molecular complexity index is 674. The summed E-state index contributed by atoms with van der Waals surface area (Å²) in [6.07, 6.45) is 2.56. The van der Waals surface area contributed by atoms with Crippen LogP contribution in [0.15, 0.2) is 28.9 Å². The van der Waals surface area contributed by atoms with E-state index in [9.17, 15) is 4.39 Å². The maximum absolute atomic E-state index is 14.2. The monoisotopic (exact) mass is 319 g/mol. The first-order valence-corrected chi connectivity index (χ1v) is 8.36. The van der Waals surface area contributed by atoms with Gasteiger partial charge in [-0.25, -0.2) is 4.39 Å². The molecule has 1 aliphatic rings. The Kier molecular flexibility index (Phi) is 4.47. The smallest absolute Gasteiger partial charge is 0.137 e. The van der Waals surface area contributed by atoms with E-state index in [4.69, 9.17) is 9.15 Å². The lowest BCUT2D eigenvalue weighted by Crippen LogP contribution is -2.41. The minimum Gasteiger partial charge on any atom is -0.464 e. The molecule has 0 N–H and O–H groups in total. The Hall–Kier alpha value is -1.39. The molecule has 1 aromatic heterocycles. The maximum Gasteiger partial charge on any atom is 0.137 e. The summed E-state index contributed by atoms with van der Waals surface area (Å²) in [4.78, 5) is 2.34. The van der Waals surface area contributed by atoms with Gasteiger partial charge in [0.1, 0.15) is 11.4 Å². The fourth-order valence-electron chi connectivity index (χ4n) is 3.39. The highest BCUT2D eigenvalue weighted by atomic mass is 19.1. The normalized spacial score (nSPS) is 23.5. The van der Waals surface area contributed by atoms with Gasteiger partial charge in [-0.1, -0.05) is 6.92 Å². The molecule has 0 spiro atoms. The Balaban J connectivity index is 1.70. The minimum atomic E-state index is -0.183. The third kappa shape index (κ3) is 3.75. The van der Waals surface area contributed by atoms with Crippen LogP contribution in [0.4, 0.5) is 4.39 Å². The van der Waals surface area contributed by atoms with E-state index in [2.05, 4.69) is 32.6 Å². The SMILES string of the molecule is CC1CN(COC(C)(C)C)CCC1c1cc(F)c2ccoc2c1. The summed E-state index contributed by atoms with van der Waals surface area (Å²) in [5.41, 5.74) is 1.58. The van der Waals surface area contributed by atoms with E-state index in [0.29, 0.717) is 29.5 Å². The van der Waals surface area contributed by atoms with Crippen LogP contribution in [-0.2, 0) is 4.74 Å². The molecule has 0 aliphatic carbocycles. The molecule has 1 aliphatic heterocycles. The zero-order chi connectivity index (χ0) is 16.6. The van der Waals surface area contributed by atoms with Gasteiger partial charge in [0.15, 0.2) is 0 Å². The number of rotatable bonds is 3. The fraction of sp³-hybridized carbons (Fsp3) is 0.579. The third-order valence-electron chi connectivity index (χ3n) is 4.64. The van der Waals surface area contributed by atoms with Crippen molar-refractivity contribution in [1.82, 2.24) is 4.90 Å². The number of benzene rings is 1. The number of likely N-dealkylation sites (tertiary alicyclic amines) is 1. The van der Waals surface area contributed by atoms with Crippen LogP contribution in [-0.4, -0.2) is 30.3 Å². The highest BCUT2D eigenvalue weighted by molar-refractivity contribution is 5.78. The summed E-state index contributed by atoms with van der Waals surface area (Å²) < 4.78 is 25.5. The van der Waals surface area contributed by atoms with Gasteiger partial charge in [-0.15, -0.1) is 0 Å². The second-order valence-electron chi connectivity index (χ2n) is 7.67. The molecular weight excluding hydrogens is 293 g/mol. The Morgan fingerprint density at radius 2 is 2.13 bits per heavy atom. The van der Waals surface area contributed by atoms with Crippen LogP contribution < -0.4 is 0 Å². The molecule has 2 aromatic rings. The molecule has 3 rings (SSSR count). The lowest BCUT2D eigenvalue weighted by Gasteiger charge is -2.38. The molecule has 4 heteroatoms. The summed E-state index contributed by atoms with van der Waals surface area (Å²) in [5.74, 6) is 0.640. The topological polar surface area (TPSA) is 25.6 Å². The van der Waals surface area contributed by atoms with Crippen LogP contribution >= 0.6 is 0 Å². The predicted octanol–water partition coefficient (Wildman–Crippen LogP) is 4.77. The second-order valence-corrected chi connectivity index (χ2v) is 7.67. The van der Waals surface area contributed by atoms with Gasteiger partial charge < -0.3 is 9.15 Å². The van der Waals surface area contributed by atoms with E-state index < -0.39 is 0 Å². The molecule has 1 saturated heterocycles. The van der Waals surface area contributed by atoms with Gasteiger partial charge in [0.2, 0.25) is 0 Å². The average Bonchev–Trinajstić information content (AvgIpc) is 2.93. The summed E-state index contributed by atoms with van der Waals surface area (Å²) in [6.45, 7) is 11.1. The Morgan fingerprint density at radius 3 is 2.83 bits per heavy atom. The van der Waals surface area contributed by atoms with Crippen LogP contribution in [0.2, 0.25) is 0 Å². The van der Waals surface area contributed by atoms with Crippen molar-refractivity contribution in [3.8, 4) is 0 Å². The van der Waals surface area contributed by atoms with E-state index >= 15 is 0 Å². The first-order valence-electron chi connectivity index (χ1n) is 8.36. The van der Waals surface area contributed by atoms with Crippen molar-refractivity contribution in [2.75, 3.05) is 19.8 Å². The lowest BCUT2D eigenvalue weighted by molar-refractivity contribution is -0.0744. The highest BCUT2D eigenvalue weighted by Crippen LogP contribution is 2.35. The first-order chi connectivity index (χ1) is 10.8. The van der Waals surface area contributed by atoms with E-state index in [1.807, 2.05) is 6.07 Å². The summed E-state index contributed by atoms with van der Waals surface area (Å²) in [6, 6.07) is 5.37. The summed E-state index contributed by atoms with van der Waals surface area (Å²) in [5, 5.41) is 0.567. The largest absolute Gasteiger partial charge is 0.464 e. The van der Waals surface area contributed by atoms with Crippen molar-refractivity contribution in [3.63, 3.8) is 0 Å². The molecule has 0 radical (unpaired) electrons. The van der Waals surface area contributed by atoms with Gasteiger partial charge in [-0.3, -0.25) is 4.90 Å². The van der Waals surface area contributed by atoms with Crippen molar-refractivity contribution in [2.24, 2.45) is 5.92 Å². The van der Waals surface area contributed by atoms with Crippen molar-refractivity contribution < 1.29 is 13.5 Å². The number of nitrogens with zero attached hydrogens (tertiary/aromatic N) is 1. The van der Waals surface area contributed by atoms with Crippen molar-refractivity contribution in [2.45, 2.75) is 45.6 Å². The van der Waals surface area contributed by atoms with Gasteiger partial charge in [-0.2, -0.15) is 0 Å². The maximum atomic E-state index is 14.2. The zero-order valence-corrected chi connectivity index (χ0v) is 14.4. The molecule has 2 atom stereocenters. The van der Waals surface area contributed by atoms with Crippen LogP contribution in [0.1, 0.15) is 45.6 Å². The molecule has 23 heavy (non-hydrogen) atoms. The predicted molar refractivity (Wildman–Crippen MR) is 90.0 cm³/mol. The number of piperidine rings is 1. The van der Waals surface area contributed by atoms with Crippen LogP contribution in [0.5, 0.6) is 0 Å². The Morgan fingerprint density at radius 1 is 1.35 bits per heavy atom. The van der Waals surface area contributed by atoms with Gasteiger partial charge in [0.05, 0.1) is 24.0 Å². The van der Waals surface area contributed by atoms with E-state index in [0.717, 1.165) is 25.1 Å². The molecule has 0 amide bonds. The second kappa shape index (κ2) is 6.25. The van der Waals surface area contributed by atoms with Crippen LogP contribution in [0, 0.1) is 11.7 Å². The number of ether oxygens (including phenoxy) is 1. The first kappa shape index (κ1) is 16.5. The van der Waals surface area contributed by atoms with E-state index in [1.165, 1.54) is 0 Å². The minimum absolute atomic E-state index is 0.118. The quantitative estimate of drug-likeness (QED) is 0.815. The van der Waals surface area contributed by atoms with Crippen LogP contribution in [0.25, 0.3) is 11.0 Å². The summed E-state index contributed by atoms with van der Waals surface area (Å²) in [7, 11) is 0. The molecule has 1 aromatic carbocycles. The molecule has 3 nitrogen and oxygen atoms in total. The van der Waals surface area contributed by atoms with Crippen molar-refractivity contribution in [3.05, 3.63) is 35.8 Å². The number of fused-ring (bicyclic) bond motifs is 1. The van der Waals surface area contributed by atoms with Gasteiger partial charge in [-0.05, 0) is 62.8 Å². The molecule has 2 unspecified atom stereocenters. The number of hydrogen-bond acceptors (Lipinski definition) is 3. The van der Waals surface area contributed by atoms with Crippen LogP contribution in [0.3, 0.4) is 0 Å². The highest BCUT2D eigenvalue weighted by Gasteiger charge is 2.29. The van der Waals surface area contributed by atoms with E-state index in [-0.39, 0.29) is 11.4 Å². The summed E-state index contributed by atoms with van der Waals surface area (Å²) >= 11 is 0. The number of halogens is 1. The number of hydrogen-bond donors (Lipinski definition) is 0.